The van der Waals surface area contributed by atoms with Crippen LogP contribution in [-0.2, 0) is 6.42 Å². The van der Waals surface area contributed by atoms with Crippen molar-refractivity contribution in [1.29, 1.82) is 0 Å². The number of nitrogens with one attached hydrogen (secondary N) is 1. The van der Waals surface area contributed by atoms with Crippen molar-refractivity contribution >= 4 is 34.8 Å². The molecule has 3 N–H and O–H groups in total. The van der Waals surface area contributed by atoms with Crippen LogP contribution in [0.1, 0.15) is 22.7 Å². The van der Waals surface area contributed by atoms with E-state index in [9.17, 15) is 0 Å². The SMILES string of the molecule is Cc1cc(Cl)cc(C(Cc2cccc(Cl)c2Cl)NN)c1. The van der Waals surface area contributed by atoms with Crippen LogP contribution in [0.4, 0.5) is 0 Å². The number of aryl methyl sites for hydroxylation is 1. The first-order chi connectivity index (χ1) is 9.51. The van der Waals surface area contributed by atoms with Gasteiger partial charge in [-0.15, -0.1) is 0 Å². The second kappa shape index (κ2) is 6.79. The highest BCUT2D eigenvalue weighted by Gasteiger charge is 2.14. The molecule has 0 bridgehead atoms. The van der Waals surface area contributed by atoms with Gasteiger partial charge in [0.05, 0.1) is 16.1 Å². The minimum Gasteiger partial charge on any atom is -0.271 e. The summed E-state index contributed by atoms with van der Waals surface area (Å²) in [5.74, 6) is 5.67. The number of benzene rings is 2. The second-order valence-electron chi connectivity index (χ2n) is 4.70. The standard InChI is InChI=1S/C15H15Cl3N2/c1-9-5-11(7-12(16)6-9)14(20-19)8-10-3-2-4-13(17)15(10)18/h2-7,14,20H,8,19H2,1H3. The van der Waals surface area contributed by atoms with Gasteiger partial charge in [-0.25, -0.2) is 0 Å². The van der Waals surface area contributed by atoms with Crippen LogP contribution in [0, 0.1) is 6.92 Å². The van der Waals surface area contributed by atoms with E-state index in [2.05, 4.69) is 11.5 Å². The monoisotopic (exact) mass is 328 g/mol. The molecule has 20 heavy (non-hydrogen) atoms. The van der Waals surface area contributed by atoms with Gasteiger partial charge in [0.15, 0.2) is 0 Å². The predicted octanol–water partition coefficient (Wildman–Crippen LogP) is 4.70. The molecule has 0 aromatic heterocycles. The van der Waals surface area contributed by atoms with Crippen molar-refractivity contribution in [2.75, 3.05) is 0 Å². The van der Waals surface area contributed by atoms with E-state index < -0.39 is 0 Å². The zero-order valence-electron chi connectivity index (χ0n) is 11.0. The summed E-state index contributed by atoms with van der Waals surface area (Å²) in [6.45, 7) is 2.00. The summed E-state index contributed by atoms with van der Waals surface area (Å²) in [7, 11) is 0. The van der Waals surface area contributed by atoms with Crippen LogP contribution >= 0.6 is 34.8 Å². The molecule has 0 saturated carbocycles. The maximum absolute atomic E-state index is 6.22. The van der Waals surface area contributed by atoms with E-state index in [0.29, 0.717) is 21.5 Å². The van der Waals surface area contributed by atoms with Gasteiger partial charge in [0.25, 0.3) is 0 Å². The van der Waals surface area contributed by atoms with Crippen LogP contribution < -0.4 is 11.3 Å². The molecule has 0 aliphatic rings. The molecule has 0 saturated heterocycles. The Bertz CT molecular complexity index is 594. The highest BCUT2D eigenvalue weighted by molar-refractivity contribution is 6.42. The lowest BCUT2D eigenvalue weighted by Crippen LogP contribution is -2.29. The Morgan fingerprint density at radius 1 is 1.15 bits per heavy atom. The molecule has 2 rings (SSSR count). The van der Waals surface area contributed by atoms with Gasteiger partial charge in [-0.2, -0.15) is 0 Å². The number of rotatable bonds is 4. The zero-order valence-corrected chi connectivity index (χ0v) is 13.2. The molecular formula is C15H15Cl3N2. The molecule has 0 spiro atoms. The number of hydrogen-bond donors (Lipinski definition) is 2. The third-order valence-electron chi connectivity index (χ3n) is 3.12. The lowest BCUT2D eigenvalue weighted by molar-refractivity contribution is 0.552. The predicted molar refractivity (Wildman–Crippen MR) is 86.4 cm³/mol. The fourth-order valence-electron chi connectivity index (χ4n) is 2.16. The van der Waals surface area contributed by atoms with E-state index in [1.807, 2.05) is 31.2 Å². The maximum atomic E-state index is 6.22. The first kappa shape index (κ1) is 15.6. The topological polar surface area (TPSA) is 38.0 Å². The quantitative estimate of drug-likeness (QED) is 0.630. The summed E-state index contributed by atoms with van der Waals surface area (Å²) >= 11 is 18.3. The molecule has 0 fully saturated rings. The van der Waals surface area contributed by atoms with Crippen molar-refractivity contribution in [2.24, 2.45) is 5.84 Å². The molecular weight excluding hydrogens is 315 g/mol. The molecule has 1 unspecified atom stereocenters. The minimum atomic E-state index is -0.0802. The van der Waals surface area contributed by atoms with Crippen molar-refractivity contribution in [3.05, 3.63) is 68.2 Å². The van der Waals surface area contributed by atoms with Crippen LogP contribution in [0.25, 0.3) is 0 Å². The molecule has 0 heterocycles. The summed E-state index contributed by atoms with van der Waals surface area (Å²) in [6.07, 6.45) is 0.635. The van der Waals surface area contributed by atoms with Crippen molar-refractivity contribution in [1.82, 2.24) is 5.43 Å². The van der Waals surface area contributed by atoms with E-state index in [4.69, 9.17) is 40.6 Å². The highest BCUT2D eigenvalue weighted by Crippen LogP contribution is 2.30. The Kier molecular flexibility index (Phi) is 5.30. The van der Waals surface area contributed by atoms with Crippen molar-refractivity contribution in [3.8, 4) is 0 Å². The largest absolute Gasteiger partial charge is 0.271 e. The van der Waals surface area contributed by atoms with Crippen LogP contribution in [-0.4, -0.2) is 0 Å². The average molecular weight is 330 g/mol. The summed E-state index contributed by atoms with van der Waals surface area (Å²) in [6, 6.07) is 11.4. The van der Waals surface area contributed by atoms with Gasteiger partial charge < -0.3 is 0 Å². The molecule has 2 nitrogen and oxygen atoms in total. The van der Waals surface area contributed by atoms with Gasteiger partial charge in [0.1, 0.15) is 0 Å². The summed E-state index contributed by atoms with van der Waals surface area (Å²) in [5.41, 5.74) is 5.86. The van der Waals surface area contributed by atoms with Crippen LogP contribution in [0.15, 0.2) is 36.4 Å². The van der Waals surface area contributed by atoms with E-state index in [-0.39, 0.29) is 6.04 Å². The van der Waals surface area contributed by atoms with Crippen LogP contribution in [0.3, 0.4) is 0 Å². The molecule has 0 radical (unpaired) electrons. The van der Waals surface area contributed by atoms with Gasteiger partial charge in [-0.3, -0.25) is 11.3 Å². The van der Waals surface area contributed by atoms with Gasteiger partial charge in [-0.1, -0.05) is 53.0 Å². The number of hydrogen-bond acceptors (Lipinski definition) is 2. The molecule has 5 heteroatoms. The van der Waals surface area contributed by atoms with Crippen molar-refractivity contribution < 1.29 is 0 Å². The molecule has 0 aliphatic heterocycles. The Morgan fingerprint density at radius 2 is 1.90 bits per heavy atom. The lowest BCUT2D eigenvalue weighted by atomic mass is 9.98. The molecule has 0 amide bonds. The second-order valence-corrected chi connectivity index (χ2v) is 5.92. The normalized spacial score (nSPS) is 12.4. The Hall–Kier alpha value is -0.770. The third kappa shape index (κ3) is 3.66. The molecule has 1 atom stereocenters. The summed E-state index contributed by atoms with van der Waals surface area (Å²) in [5, 5.41) is 1.80. The first-order valence-corrected chi connectivity index (χ1v) is 7.30. The minimum absolute atomic E-state index is 0.0802. The zero-order chi connectivity index (χ0) is 14.7. The maximum Gasteiger partial charge on any atom is 0.0624 e. The van der Waals surface area contributed by atoms with Gasteiger partial charge in [-0.05, 0) is 48.2 Å². The van der Waals surface area contributed by atoms with Gasteiger partial charge in [0.2, 0.25) is 0 Å². The first-order valence-electron chi connectivity index (χ1n) is 6.17. The fourth-order valence-corrected chi connectivity index (χ4v) is 2.86. The Balaban J connectivity index is 2.31. The molecule has 2 aromatic carbocycles. The molecule has 0 aliphatic carbocycles. The van der Waals surface area contributed by atoms with E-state index in [1.54, 1.807) is 6.07 Å². The summed E-state index contributed by atoms with van der Waals surface area (Å²) < 4.78 is 0. The average Bonchev–Trinajstić information content (AvgIpc) is 2.39. The smallest absolute Gasteiger partial charge is 0.0624 e. The Morgan fingerprint density at radius 3 is 2.55 bits per heavy atom. The molecule has 2 aromatic rings. The number of halogens is 3. The number of hydrazine groups is 1. The Labute approximate surface area is 133 Å². The third-order valence-corrected chi connectivity index (χ3v) is 4.20. The highest BCUT2D eigenvalue weighted by atomic mass is 35.5. The van der Waals surface area contributed by atoms with Crippen LogP contribution in [0.2, 0.25) is 15.1 Å². The van der Waals surface area contributed by atoms with E-state index in [1.165, 1.54) is 0 Å². The van der Waals surface area contributed by atoms with E-state index >= 15 is 0 Å². The van der Waals surface area contributed by atoms with Crippen molar-refractivity contribution in [2.45, 2.75) is 19.4 Å². The fraction of sp³-hybridized carbons (Fsp3) is 0.200. The summed E-state index contributed by atoms with van der Waals surface area (Å²) in [4.78, 5) is 0. The van der Waals surface area contributed by atoms with Crippen LogP contribution in [0.5, 0.6) is 0 Å². The lowest BCUT2D eigenvalue weighted by Gasteiger charge is -2.18. The van der Waals surface area contributed by atoms with E-state index in [0.717, 1.165) is 16.7 Å². The molecule has 106 valence electrons. The van der Waals surface area contributed by atoms with Gasteiger partial charge >= 0.3 is 0 Å². The number of nitrogens with two attached hydrogens (primary N) is 1. The van der Waals surface area contributed by atoms with Crippen molar-refractivity contribution in [3.63, 3.8) is 0 Å². The van der Waals surface area contributed by atoms with Gasteiger partial charge in [0, 0.05) is 5.02 Å².